The molecule has 14 heteroatoms. The van der Waals surface area contributed by atoms with Gasteiger partial charge in [-0.05, 0) is 73.5 Å². The van der Waals surface area contributed by atoms with Crippen LogP contribution >= 0.6 is 0 Å². The van der Waals surface area contributed by atoms with Gasteiger partial charge in [-0.3, -0.25) is 0 Å². The van der Waals surface area contributed by atoms with Crippen LogP contribution in [0.1, 0.15) is 48.3 Å². The van der Waals surface area contributed by atoms with Crippen molar-refractivity contribution in [1.82, 2.24) is 30.0 Å². The predicted molar refractivity (Wildman–Crippen MR) is 167 cm³/mol. The highest BCUT2D eigenvalue weighted by Gasteiger charge is 2.23. The quantitative estimate of drug-likeness (QED) is 0.160. The van der Waals surface area contributed by atoms with E-state index in [1.54, 1.807) is 62.4 Å². The third-order valence-corrected chi connectivity index (χ3v) is 7.58. The second-order valence-corrected chi connectivity index (χ2v) is 10.8. The minimum Gasteiger partial charge on any atom is -0.505 e. The summed E-state index contributed by atoms with van der Waals surface area (Å²) in [4.78, 5) is 26.4. The van der Waals surface area contributed by atoms with Gasteiger partial charge in [0.25, 0.3) is 0 Å². The Labute approximate surface area is 267 Å². The number of esters is 2. The van der Waals surface area contributed by atoms with Gasteiger partial charge >= 0.3 is 11.9 Å². The van der Waals surface area contributed by atoms with Crippen molar-refractivity contribution in [2.24, 2.45) is 0 Å². The van der Waals surface area contributed by atoms with Crippen molar-refractivity contribution < 1.29 is 39.5 Å². The van der Waals surface area contributed by atoms with Crippen LogP contribution in [-0.2, 0) is 25.5 Å². The van der Waals surface area contributed by atoms with Crippen LogP contribution in [0.25, 0.3) is 33.4 Å². The monoisotopic (exact) mass is 638 g/mol. The van der Waals surface area contributed by atoms with E-state index >= 15 is 0 Å². The standard InChI is InChI=1S/C33H30N6O8/c1-18(46-30(42)16-40)20-11-22(32(44)28(14-20)38-34-24-7-3-4-8-25(24)35-38)13-23-12-21(19(2)47-31(43)17-41)15-29(33(23)45)39-36-26-9-5-6-10-27(26)37-39/h3-12,14-15,18-19,40-41,44-45H,13,16-17H2,1-2H3. The van der Waals surface area contributed by atoms with Crippen molar-refractivity contribution >= 4 is 34.0 Å². The number of carbonyl (C=O) groups excluding carboxylic acids is 2. The maximum Gasteiger partial charge on any atom is 0.332 e. The van der Waals surface area contributed by atoms with Crippen molar-refractivity contribution in [3.05, 3.63) is 95.1 Å². The molecule has 240 valence electrons. The summed E-state index contributed by atoms with van der Waals surface area (Å²) in [7, 11) is 0. The molecule has 0 aliphatic carbocycles. The second-order valence-electron chi connectivity index (χ2n) is 10.8. The summed E-state index contributed by atoms with van der Waals surface area (Å²) in [6, 6.07) is 20.7. The number of hydrogen-bond donors (Lipinski definition) is 4. The number of nitrogens with zero attached hydrogens (tertiary/aromatic N) is 6. The summed E-state index contributed by atoms with van der Waals surface area (Å²) in [5, 5.41) is 59.7. The Morgan fingerprint density at radius 1 is 0.638 bits per heavy atom. The molecule has 0 bridgehead atoms. The van der Waals surface area contributed by atoms with Crippen LogP contribution in [0.15, 0.2) is 72.8 Å². The molecular weight excluding hydrogens is 608 g/mol. The highest BCUT2D eigenvalue weighted by Crippen LogP contribution is 2.37. The van der Waals surface area contributed by atoms with Crippen molar-refractivity contribution in [2.45, 2.75) is 32.5 Å². The largest absolute Gasteiger partial charge is 0.505 e. The second kappa shape index (κ2) is 12.9. The number of benzene rings is 4. The first kappa shape index (κ1) is 31.1. The van der Waals surface area contributed by atoms with E-state index in [4.69, 9.17) is 9.47 Å². The Morgan fingerprint density at radius 3 is 1.30 bits per heavy atom. The van der Waals surface area contributed by atoms with E-state index in [9.17, 15) is 30.0 Å². The van der Waals surface area contributed by atoms with Gasteiger partial charge in [0.2, 0.25) is 0 Å². The number of ether oxygens (including phenoxy) is 2. The molecular formula is C33H30N6O8. The molecule has 0 aliphatic rings. The lowest BCUT2D eigenvalue weighted by Crippen LogP contribution is -2.14. The Hall–Kier alpha value is -5.86. The van der Waals surface area contributed by atoms with Crippen LogP contribution in [-0.4, -0.2) is 75.6 Å². The van der Waals surface area contributed by atoms with Crippen LogP contribution in [0.4, 0.5) is 0 Å². The smallest absolute Gasteiger partial charge is 0.332 e. The first-order chi connectivity index (χ1) is 22.6. The number of carbonyl (C=O) groups is 2. The molecule has 6 rings (SSSR count). The number of rotatable bonds is 10. The molecule has 0 saturated heterocycles. The van der Waals surface area contributed by atoms with E-state index in [0.29, 0.717) is 44.3 Å². The number of aromatic hydroxyl groups is 2. The average Bonchev–Trinajstić information content (AvgIpc) is 3.70. The highest BCUT2D eigenvalue weighted by molar-refractivity contribution is 5.75. The van der Waals surface area contributed by atoms with Gasteiger partial charge in [0.15, 0.2) is 0 Å². The lowest BCUT2D eigenvalue weighted by molar-refractivity contribution is -0.152. The molecule has 6 aromatic rings. The van der Waals surface area contributed by atoms with Gasteiger partial charge in [0.1, 0.15) is 70.4 Å². The Kier molecular flexibility index (Phi) is 8.52. The number of fused-ring (bicyclic) bond motifs is 2. The van der Waals surface area contributed by atoms with Crippen molar-refractivity contribution in [3.63, 3.8) is 0 Å². The minimum absolute atomic E-state index is 0.0672. The molecule has 4 aromatic carbocycles. The van der Waals surface area contributed by atoms with Gasteiger partial charge in [0.05, 0.1) is 0 Å². The molecule has 2 aromatic heterocycles. The van der Waals surface area contributed by atoms with Crippen LogP contribution in [0.5, 0.6) is 11.5 Å². The number of aromatic nitrogens is 6. The van der Waals surface area contributed by atoms with Gasteiger partial charge in [-0.1, -0.05) is 24.3 Å². The van der Waals surface area contributed by atoms with E-state index < -0.39 is 37.4 Å². The first-order valence-electron chi connectivity index (χ1n) is 14.6. The summed E-state index contributed by atoms with van der Waals surface area (Å²) in [6.45, 7) is 1.60. The number of phenolic OH excluding ortho intramolecular Hbond substituents is 2. The minimum atomic E-state index is -0.841. The SMILES string of the molecule is CC(OC(=O)CO)c1cc(Cc2cc(C(C)OC(=O)CO)cc(-n3nc4ccccc4n3)c2O)c(O)c(-n2nc3ccccc3n2)c1. The molecule has 0 saturated carbocycles. The van der Waals surface area contributed by atoms with E-state index in [1.165, 1.54) is 9.59 Å². The lowest BCUT2D eigenvalue weighted by Gasteiger charge is -2.19. The van der Waals surface area contributed by atoms with E-state index in [1.807, 2.05) is 24.3 Å². The van der Waals surface area contributed by atoms with Crippen LogP contribution < -0.4 is 0 Å². The molecule has 0 spiro atoms. The molecule has 0 aliphatic heterocycles. The fourth-order valence-electron chi connectivity index (χ4n) is 5.19. The van der Waals surface area contributed by atoms with Crippen molar-refractivity contribution in [1.29, 1.82) is 0 Å². The third-order valence-electron chi connectivity index (χ3n) is 7.58. The average molecular weight is 639 g/mol. The van der Waals surface area contributed by atoms with E-state index in [-0.39, 0.29) is 29.3 Å². The lowest BCUT2D eigenvalue weighted by atomic mass is 9.95. The van der Waals surface area contributed by atoms with Crippen LogP contribution in [0, 0.1) is 0 Å². The zero-order valence-corrected chi connectivity index (χ0v) is 25.3. The summed E-state index contributed by atoms with van der Waals surface area (Å²) in [5.74, 6) is -2.08. The number of aliphatic hydroxyl groups excluding tert-OH is 2. The van der Waals surface area contributed by atoms with Crippen LogP contribution in [0.3, 0.4) is 0 Å². The zero-order valence-electron chi connectivity index (χ0n) is 25.3. The normalized spacial score (nSPS) is 12.7. The molecule has 0 amide bonds. The molecule has 47 heavy (non-hydrogen) atoms. The van der Waals surface area contributed by atoms with E-state index in [0.717, 1.165) is 0 Å². The van der Waals surface area contributed by atoms with E-state index in [2.05, 4.69) is 20.4 Å². The molecule has 2 heterocycles. The number of phenols is 2. The molecule has 0 fully saturated rings. The molecule has 0 radical (unpaired) electrons. The van der Waals surface area contributed by atoms with Gasteiger partial charge in [-0.25, -0.2) is 9.59 Å². The maximum absolute atomic E-state index is 11.9. The van der Waals surface area contributed by atoms with Gasteiger partial charge in [0, 0.05) is 17.5 Å². The summed E-state index contributed by atoms with van der Waals surface area (Å²) >= 11 is 0. The van der Waals surface area contributed by atoms with Crippen LogP contribution in [0.2, 0.25) is 0 Å². The summed E-state index contributed by atoms with van der Waals surface area (Å²) < 4.78 is 10.7. The summed E-state index contributed by atoms with van der Waals surface area (Å²) in [6.07, 6.45) is -1.75. The molecule has 2 atom stereocenters. The molecule has 4 N–H and O–H groups in total. The first-order valence-corrected chi connectivity index (χ1v) is 14.6. The van der Waals surface area contributed by atoms with Crippen molar-refractivity contribution in [3.8, 4) is 22.9 Å². The highest BCUT2D eigenvalue weighted by atomic mass is 16.6. The van der Waals surface area contributed by atoms with Gasteiger partial charge in [-0.2, -0.15) is 0 Å². The predicted octanol–water partition coefficient (Wildman–Crippen LogP) is 3.35. The number of aliphatic hydroxyl groups is 2. The molecule has 2 unspecified atom stereocenters. The topological polar surface area (TPSA) is 195 Å². The fraction of sp³-hybridized carbons (Fsp3) is 0.212. The van der Waals surface area contributed by atoms with Crippen molar-refractivity contribution in [2.75, 3.05) is 13.2 Å². The Morgan fingerprint density at radius 2 is 0.979 bits per heavy atom. The summed E-state index contributed by atoms with van der Waals surface area (Å²) in [5.41, 5.74) is 4.22. The third kappa shape index (κ3) is 6.32. The Bertz CT molecular complexity index is 1910. The zero-order chi connectivity index (χ0) is 33.2. The number of hydrogen-bond acceptors (Lipinski definition) is 12. The molecule has 14 nitrogen and oxygen atoms in total. The maximum atomic E-state index is 11.9. The Balaban J connectivity index is 1.50. The van der Waals surface area contributed by atoms with Gasteiger partial charge < -0.3 is 29.9 Å². The fourth-order valence-corrected chi connectivity index (χ4v) is 5.19. The van der Waals surface area contributed by atoms with Gasteiger partial charge in [-0.15, -0.1) is 30.0 Å².